The highest BCUT2D eigenvalue weighted by Gasteiger charge is 2.27. The van der Waals surface area contributed by atoms with Crippen molar-refractivity contribution in [3.8, 4) is 5.75 Å². The third kappa shape index (κ3) is 3.03. The van der Waals surface area contributed by atoms with Crippen molar-refractivity contribution in [2.24, 2.45) is 0 Å². The first-order valence-electron chi connectivity index (χ1n) is 8.83. The van der Waals surface area contributed by atoms with Gasteiger partial charge in [0.15, 0.2) is 5.75 Å². The Balaban J connectivity index is 1.51. The van der Waals surface area contributed by atoms with Gasteiger partial charge in [0.25, 0.3) is 5.91 Å². The Bertz CT molecular complexity index is 1100. The normalized spacial score (nSPS) is 15.2. The Hall–Kier alpha value is -3.29. The minimum absolute atomic E-state index is 0.0348. The van der Waals surface area contributed by atoms with Crippen LogP contribution >= 0.6 is 0 Å². The van der Waals surface area contributed by atoms with Gasteiger partial charge in [-0.25, -0.2) is 4.79 Å². The van der Waals surface area contributed by atoms with Crippen molar-refractivity contribution in [1.82, 2.24) is 19.4 Å². The molecule has 0 bridgehead atoms. The molecule has 1 saturated heterocycles. The number of fused-ring (bicyclic) bond motifs is 1. The van der Waals surface area contributed by atoms with Crippen LogP contribution in [0.3, 0.4) is 0 Å². The van der Waals surface area contributed by atoms with E-state index in [9.17, 15) is 14.4 Å². The molecule has 140 valence electrons. The summed E-state index contributed by atoms with van der Waals surface area (Å²) in [5, 5.41) is 0. The second kappa shape index (κ2) is 6.79. The lowest BCUT2D eigenvalue weighted by atomic mass is 10.0. The molecule has 4 rings (SSSR count). The summed E-state index contributed by atoms with van der Waals surface area (Å²) in [6, 6.07) is 8.90. The van der Waals surface area contributed by atoms with E-state index >= 15 is 0 Å². The molecule has 1 aromatic carbocycles. The van der Waals surface area contributed by atoms with Crippen molar-refractivity contribution < 1.29 is 9.53 Å². The first kappa shape index (κ1) is 17.1. The predicted octanol–water partition coefficient (Wildman–Crippen LogP) is 1.50. The number of ether oxygens (including phenoxy) is 1. The van der Waals surface area contributed by atoms with Gasteiger partial charge in [-0.1, -0.05) is 12.1 Å². The maximum absolute atomic E-state index is 12.7. The molecule has 1 aliphatic rings. The second-order valence-corrected chi connectivity index (χ2v) is 6.62. The maximum Gasteiger partial charge on any atom is 0.326 e. The number of imidazole rings is 1. The molecule has 0 aliphatic carbocycles. The summed E-state index contributed by atoms with van der Waals surface area (Å²) >= 11 is 0. The van der Waals surface area contributed by atoms with Crippen molar-refractivity contribution in [2.45, 2.75) is 18.9 Å². The van der Waals surface area contributed by atoms with Gasteiger partial charge in [-0.2, -0.15) is 0 Å². The molecule has 8 nitrogen and oxygen atoms in total. The van der Waals surface area contributed by atoms with Crippen molar-refractivity contribution in [3.05, 3.63) is 62.9 Å². The fourth-order valence-corrected chi connectivity index (χ4v) is 3.68. The average molecular weight is 368 g/mol. The summed E-state index contributed by atoms with van der Waals surface area (Å²) < 4.78 is 6.71. The highest BCUT2D eigenvalue weighted by Crippen LogP contribution is 2.25. The van der Waals surface area contributed by atoms with E-state index in [1.165, 1.54) is 19.4 Å². The Morgan fingerprint density at radius 2 is 1.93 bits per heavy atom. The van der Waals surface area contributed by atoms with E-state index in [0.29, 0.717) is 25.9 Å². The number of aromatic amines is 2. The molecule has 0 atom stereocenters. The van der Waals surface area contributed by atoms with Gasteiger partial charge in [-0.3, -0.25) is 14.2 Å². The maximum atomic E-state index is 12.7. The van der Waals surface area contributed by atoms with Crippen LogP contribution in [0.15, 0.2) is 46.1 Å². The number of nitrogens with one attached hydrogen (secondary N) is 2. The van der Waals surface area contributed by atoms with Crippen LogP contribution in [0.5, 0.6) is 5.75 Å². The first-order chi connectivity index (χ1) is 13.1. The molecule has 2 aromatic heterocycles. The molecular formula is C19H20N4O4. The van der Waals surface area contributed by atoms with Gasteiger partial charge in [0.1, 0.15) is 5.69 Å². The van der Waals surface area contributed by atoms with Gasteiger partial charge in [-0.15, -0.1) is 0 Å². The first-order valence-corrected chi connectivity index (χ1v) is 8.83. The van der Waals surface area contributed by atoms with Crippen molar-refractivity contribution >= 4 is 16.9 Å². The average Bonchev–Trinajstić information content (AvgIpc) is 3.03. The highest BCUT2D eigenvalue weighted by molar-refractivity contribution is 5.92. The third-order valence-corrected chi connectivity index (χ3v) is 5.07. The molecule has 0 radical (unpaired) electrons. The minimum atomic E-state index is -0.333. The van der Waals surface area contributed by atoms with Crippen LogP contribution < -0.4 is 15.9 Å². The molecule has 0 spiro atoms. The van der Waals surface area contributed by atoms with Crippen LogP contribution in [0.25, 0.3) is 11.0 Å². The number of H-pyrrole nitrogens is 2. The zero-order valence-corrected chi connectivity index (χ0v) is 14.9. The molecule has 1 aliphatic heterocycles. The Labute approximate surface area is 154 Å². The third-order valence-electron chi connectivity index (χ3n) is 5.07. The van der Waals surface area contributed by atoms with Crippen molar-refractivity contribution in [1.29, 1.82) is 0 Å². The summed E-state index contributed by atoms with van der Waals surface area (Å²) in [4.78, 5) is 44.3. The lowest BCUT2D eigenvalue weighted by Gasteiger charge is -2.32. The molecule has 1 fully saturated rings. The topological polar surface area (TPSA) is 100 Å². The number of methoxy groups -OCH3 is 1. The molecule has 0 saturated carbocycles. The molecule has 1 amide bonds. The number of amides is 1. The number of likely N-dealkylation sites (tertiary alicyclic amines) is 1. The predicted molar refractivity (Wildman–Crippen MR) is 100 cm³/mol. The summed E-state index contributed by atoms with van der Waals surface area (Å²) in [5.74, 6) is -0.0524. The zero-order chi connectivity index (χ0) is 19.0. The number of nitrogens with zero attached hydrogens (tertiary/aromatic N) is 2. The molecule has 3 aromatic rings. The van der Waals surface area contributed by atoms with Gasteiger partial charge >= 0.3 is 5.69 Å². The van der Waals surface area contributed by atoms with E-state index < -0.39 is 0 Å². The summed E-state index contributed by atoms with van der Waals surface area (Å²) in [6.07, 6.45) is 2.75. The number of hydrogen-bond donors (Lipinski definition) is 2. The Kier molecular flexibility index (Phi) is 4.31. The van der Waals surface area contributed by atoms with Crippen LogP contribution in [0, 0.1) is 0 Å². The lowest BCUT2D eigenvalue weighted by Crippen LogP contribution is -2.41. The molecule has 0 unspecified atom stereocenters. The summed E-state index contributed by atoms with van der Waals surface area (Å²) in [7, 11) is 1.41. The van der Waals surface area contributed by atoms with E-state index in [-0.39, 0.29) is 34.5 Å². The summed E-state index contributed by atoms with van der Waals surface area (Å²) in [6.45, 7) is 1.03. The standard InChI is InChI=1S/C19H20N4O4/c1-27-17-11-20-14(10-16(17)24)18(25)22-8-6-12(7-9-22)23-15-5-3-2-4-13(15)21-19(23)26/h2-5,10-12H,6-9H2,1H3,(H,20,24)(H,21,26). The van der Waals surface area contributed by atoms with E-state index in [2.05, 4.69) is 9.97 Å². The van der Waals surface area contributed by atoms with Gasteiger partial charge in [0.2, 0.25) is 5.43 Å². The van der Waals surface area contributed by atoms with E-state index in [1.54, 1.807) is 9.47 Å². The highest BCUT2D eigenvalue weighted by atomic mass is 16.5. The van der Waals surface area contributed by atoms with Crippen molar-refractivity contribution in [2.75, 3.05) is 20.2 Å². The molecule has 2 N–H and O–H groups in total. The minimum Gasteiger partial charge on any atom is -0.491 e. The van der Waals surface area contributed by atoms with E-state index in [1.807, 2.05) is 24.3 Å². The second-order valence-electron chi connectivity index (χ2n) is 6.62. The van der Waals surface area contributed by atoms with Gasteiger partial charge in [0, 0.05) is 31.4 Å². The van der Waals surface area contributed by atoms with Crippen molar-refractivity contribution in [3.63, 3.8) is 0 Å². The number of benzene rings is 1. The van der Waals surface area contributed by atoms with Crippen LogP contribution in [0.2, 0.25) is 0 Å². The van der Waals surface area contributed by atoms with Crippen LogP contribution in [0.4, 0.5) is 0 Å². The molecular weight excluding hydrogens is 348 g/mol. The number of para-hydroxylation sites is 2. The molecule has 27 heavy (non-hydrogen) atoms. The van der Waals surface area contributed by atoms with E-state index in [4.69, 9.17) is 4.74 Å². The van der Waals surface area contributed by atoms with Crippen LogP contribution in [0.1, 0.15) is 29.4 Å². The van der Waals surface area contributed by atoms with Gasteiger partial charge in [-0.05, 0) is 25.0 Å². The number of aromatic nitrogens is 3. The number of hydrogen-bond acceptors (Lipinski definition) is 4. The SMILES string of the molecule is COc1c[nH]c(C(=O)N2CCC(n3c(=O)[nH]c4ccccc43)CC2)cc1=O. The largest absolute Gasteiger partial charge is 0.491 e. The molecule has 8 heteroatoms. The number of piperidine rings is 1. The van der Waals surface area contributed by atoms with E-state index in [0.717, 1.165) is 11.0 Å². The fourth-order valence-electron chi connectivity index (χ4n) is 3.68. The van der Waals surface area contributed by atoms with Gasteiger partial charge < -0.3 is 19.6 Å². The number of carbonyl (C=O) groups excluding carboxylic acids is 1. The monoisotopic (exact) mass is 368 g/mol. The lowest BCUT2D eigenvalue weighted by molar-refractivity contribution is 0.0689. The Morgan fingerprint density at radius 1 is 1.19 bits per heavy atom. The number of pyridine rings is 1. The smallest absolute Gasteiger partial charge is 0.326 e. The number of carbonyl (C=O) groups is 1. The summed E-state index contributed by atoms with van der Waals surface area (Å²) in [5.41, 5.74) is 1.48. The fraction of sp³-hybridized carbons (Fsp3) is 0.316. The van der Waals surface area contributed by atoms with Crippen LogP contribution in [-0.4, -0.2) is 45.5 Å². The van der Waals surface area contributed by atoms with Gasteiger partial charge in [0.05, 0.1) is 18.1 Å². The van der Waals surface area contributed by atoms with Crippen LogP contribution in [-0.2, 0) is 0 Å². The molecule has 3 heterocycles. The Morgan fingerprint density at radius 3 is 2.63 bits per heavy atom. The number of rotatable bonds is 3. The zero-order valence-electron chi connectivity index (χ0n) is 14.9. The quantitative estimate of drug-likeness (QED) is 0.732.